The molecule has 0 N–H and O–H groups in total. The van der Waals surface area contributed by atoms with Gasteiger partial charge in [0.1, 0.15) is 0 Å². The van der Waals surface area contributed by atoms with E-state index in [-0.39, 0.29) is 0 Å². The van der Waals surface area contributed by atoms with Crippen LogP contribution >= 0.6 is 0 Å². The summed E-state index contributed by atoms with van der Waals surface area (Å²) in [6, 6.07) is 91.1. The van der Waals surface area contributed by atoms with Gasteiger partial charge in [-0.05, 0) is 141 Å². The van der Waals surface area contributed by atoms with Crippen molar-refractivity contribution in [3.05, 3.63) is 249 Å². The van der Waals surface area contributed by atoms with Gasteiger partial charge in [0.2, 0.25) is 0 Å². The van der Waals surface area contributed by atoms with Crippen LogP contribution in [0, 0.1) is 0 Å². The molecule has 0 aliphatic rings. The number of benzene rings is 12. The normalized spacial score (nSPS) is 11.5. The van der Waals surface area contributed by atoms with Gasteiger partial charge in [-0.3, -0.25) is 0 Å². The highest BCUT2D eigenvalue weighted by atomic mass is 15.1. The van der Waals surface area contributed by atoms with Gasteiger partial charge < -0.3 is 4.90 Å². The third-order valence-electron chi connectivity index (χ3n) is 12.8. The first-order chi connectivity index (χ1) is 31.2. The van der Waals surface area contributed by atoms with Gasteiger partial charge in [0.25, 0.3) is 0 Å². The molecule has 0 aliphatic carbocycles. The summed E-state index contributed by atoms with van der Waals surface area (Å²) in [6.07, 6.45) is 0. The van der Waals surface area contributed by atoms with Crippen molar-refractivity contribution in [1.82, 2.24) is 0 Å². The van der Waals surface area contributed by atoms with Crippen molar-refractivity contribution >= 4 is 70.9 Å². The molecule has 0 fully saturated rings. The second-order valence-corrected chi connectivity index (χ2v) is 16.4. The Hall–Kier alpha value is -8.26. The summed E-state index contributed by atoms with van der Waals surface area (Å²) in [5.74, 6) is 0. The van der Waals surface area contributed by atoms with E-state index < -0.39 is 0 Å². The largest absolute Gasteiger partial charge is 0.310 e. The molecule has 0 heterocycles. The minimum atomic E-state index is 1.09. The smallest absolute Gasteiger partial charge is 0.0468 e. The number of hydrogen-bond donors (Lipinski definition) is 0. The second kappa shape index (κ2) is 15.3. The van der Waals surface area contributed by atoms with Crippen LogP contribution < -0.4 is 4.90 Å². The maximum atomic E-state index is 2.41. The Labute approximate surface area is 367 Å². The summed E-state index contributed by atoms with van der Waals surface area (Å²) >= 11 is 0. The van der Waals surface area contributed by atoms with Gasteiger partial charge in [-0.25, -0.2) is 0 Å². The van der Waals surface area contributed by atoms with Crippen molar-refractivity contribution in [2.75, 3.05) is 4.90 Å². The van der Waals surface area contributed by atoms with Gasteiger partial charge in [0.15, 0.2) is 0 Å². The lowest BCUT2D eigenvalue weighted by atomic mass is 9.85. The number of anilines is 3. The summed E-state index contributed by atoms with van der Waals surface area (Å²) in [5.41, 5.74) is 13.0. The average molecular weight is 800 g/mol. The lowest BCUT2D eigenvalue weighted by Gasteiger charge is -2.27. The third kappa shape index (κ3) is 6.42. The average Bonchev–Trinajstić information content (AvgIpc) is 3.36. The molecule has 0 aromatic heterocycles. The number of nitrogens with zero attached hydrogens (tertiary/aromatic N) is 1. The van der Waals surface area contributed by atoms with Crippen LogP contribution in [0.3, 0.4) is 0 Å². The van der Waals surface area contributed by atoms with Gasteiger partial charge in [0, 0.05) is 17.1 Å². The molecule has 63 heavy (non-hydrogen) atoms. The van der Waals surface area contributed by atoms with E-state index in [1.54, 1.807) is 0 Å². The SMILES string of the molecule is c1ccc(-c2c(-c3ccccc3)c3cc(N(c4ccc(-c5ccc6ccccc6c5)cc4)c4ccc(-c5cccc6c5ccc5ccccc56)cc4)ccc3c3ccccc23)cc1. The molecule has 12 rings (SSSR count). The quantitative estimate of drug-likeness (QED) is 0.145. The molecule has 12 aromatic rings. The first-order valence-electron chi connectivity index (χ1n) is 21.7. The first kappa shape index (κ1) is 36.6. The molecule has 1 nitrogen and oxygen atoms in total. The molecule has 0 atom stereocenters. The van der Waals surface area contributed by atoms with E-state index in [0.717, 1.165) is 17.1 Å². The Balaban J connectivity index is 1.05. The van der Waals surface area contributed by atoms with Crippen LogP contribution in [0.15, 0.2) is 249 Å². The Morgan fingerprint density at radius 3 is 1.40 bits per heavy atom. The van der Waals surface area contributed by atoms with Crippen LogP contribution in [0.5, 0.6) is 0 Å². The van der Waals surface area contributed by atoms with Crippen molar-refractivity contribution in [1.29, 1.82) is 0 Å². The third-order valence-corrected chi connectivity index (χ3v) is 12.8. The Morgan fingerprint density at radius 1 is 0.206 bits per heavy atom. The standard InChI is InChI=1S/C62H41N/c1-3-16-46(17-4-1)61-59-23-12-11-22-56(59)58-39-37-52(41-60(58)62(61)47-18-5-2-6-19-47)63(50-33-28-43(29-34-50)49-27-26-42-14-7-8-20-48(42)40-49)51-35-30-45(31-36-51)54-24-13-25-55-53-21-10-9-15-44(53)32-38-57(54)55/h1-41H. The summed E-state index contributed by atoms with van der Waals surface area (Å²) in [5, 5.41) is 12.5. The maximum absolute atomic E-state index is 2.41. The second-order valence-electron chi connectivity index (χ2n) is 16.4. The van der Waals surface area contributed by atoms with Crippen LogP contribution in [0.2, 0.25) is 0 Å². The highest BCUT2D eigenvalue weighted by molar-refractivity contribution is 6.22. The lowest BCUT2D eigenvalue weighted by Crippen LogP contribution is -2.10. The zero-order valence-corrected chi connectivity index (χ0v) is 34.6. The molecule has 0 aliphatic heterocycles. The van der Waals surface area contributed by atoms with Gasteiger partial charge >= 0.3 is 0 Å². The molecule has 0 saturated carbocycles. The molecule has 294 valence electrons. The zero-order valence-electron chi connectivity index (χ0n) is 34.6. The first-order valence-corrected chi connectivity index (χ1v) is 21.7. The number of rotatable bonds is 7. The highest BCUT2D eigenvalue weighted by Gasteiger charge is 2.21. The summed E-state index contributed by atoms with van der Waals surface area (Å²) in [6.45, 7) is 0. The van der Waals surface area contributed by atoms with Crippen LogP contribution in [-0.2, 0) is 0 Å². The van der Waals surface area contributed by atoms with Crippen LogP contribution in [0.25, 0.3) is 98.4 Å². The monoisotopic (exact) mass is 799 g/mol. The Bertz CT molecular complexity index is 3650. The van der Waals surface area contributed by atoms with Gasteiger partial charge in [-0.2, -0.15) is 0 Å². The fraction of sp³-hybridized carbons (Fsp3) is 0. The summed E-state index contributed by atoms with van der Waals surface area (Å²) in [4.78, 5) is 2.41. The molecule has 0 spiro atoms. The van der Waals surface area contributed by atoms with E-state index in [9.17, 15) is 0 Å². The van der Waals surface area contributed by atoms with Gasteiger partial charge in [0.05, 0.1) is 0 Å². The Kier molecular flexibility index (Phi) is 8.90. The van der Waals surface area contributed by atoms with Crippen molar-refractivity contribution in [2.24, 2.45) is 0 Å². The Morgan fingerprint density at radius 2 is 0.683 bits per heavy atom. The highest BCUT2D eigenvalue weighted by Crippen LogP contribution is 2.47. The molecule has 0 unspecified atom stereocenters. The molecule has 0 radical (unpaired) electrons. The fourth-order valence-electron chi connectivity index (χ4n) is 9.83. The fourth-order valence-corrected chi connectivity index (χ4v) is 9.83. The maximum Gasteiger partial charge on any atom is 0.0468 e. The summed E-state index contributed by atoms with van der Waals surface area (Å²) < 4.78 is 0. The molecular formula is C62H41N. The van der Waals surface area contributed by atoms with Crippen molar-refractivity contribution < 1.29 is 0 Å². The predicted molar refractivity (Wildman–Crippen MR) is 270 cm³/mol. The van der Waals surface area contributed by atoms with E-state index >= 15 is 0 Å². The molecule has 0 amide bonds. The number of hydrogen-bond acceptors (Lipinski definition) is 1. The molecule has 1 heteroatoms. The minimum Gasteiger partial charge on any atom is -0.310 e. The zero-order chi connectivity index (χ0) is 41.7. The van der Waals surface area contributed by atoms with Crippen molar-refractivity contribution in [2.45, 2.75) is 0 Å². The molecule has 12 aromatic carbocycles. The van der Waals surface area contributed by atoms with Gasteiger partial charge in [-0.15, -0.1) is 0 Å². The van der Waals surface area contributed by atoms with E-state index in [1.165, 1.54) is 98.4 Å². The van der Waals surface area contributed by atoms with Crippen LogP contribution in [0.1, 0.15) is 0 Å². The van der Waals surface area contributed by atoms with Crippen LogP contribution in [-0.4, -0.2) is 0 Å². The summed E-state index contributed by atoms with van der Waals surface area (Å²) in [7, 11) is 0. The molecule has 0 bridgehead atoms. The van der Waals surface area contributed by atoms with Gasteiger partial charge in [-0.1, -0.05) is 206 Å². The topological polar surface area (TPSA) is 3.24 Å². The van der Waals surface area contributed by atoms with E-state index in [4.69, 9.17) is 0 Å². The van der Waals surface area contributed by atoms with Crippen molar-refractivity contribution in [3.63, 3.8) is 0 Å². The lowest BCUT2D eigenvalue weighted by molar-refractivity contribution is 1.29. The van der Waals surface area contributed by atoms with E-state index in [0.29, 0.717) is 0 Å². The minimum absolute atomic E-state index is 1.09. The number of fused-ring (bicyclic) bond motifs is 7. The molecular weight excluding hydrogens is 759 g/mol. The van der Waals surface area contributed by atoms with Crippen molar-refractivity contribution in [3.8, 4) is 44.5 Å². The van der Waals surface area contributed by atoms with E-state index in [2.05, 4.69) is 254 Å². The van der Waals surface area contributed by atoms with Crippen LogP contribution in [0.4, 0.5) is 17.1 Å². The van der Waals surface area contributed by atoms with E-state index in [1.807, 2.05) is 0 Å². The molecule has 0 saturated heterocycles. The predicted octanol–water partition coefficient (Wildman–Crippen LogP) is 17.6.